The number of nitriles is 1. The number of carbonyl (C=O) groups is 2. The molecule has 1 saturated heterocycles. The Kier molecular flexibility index (Phi) is 7.01. The van der Waals surface area contributed by atoms with E-state index in [4.69, 9.17) is 16.3 Å². The molecule has 0 spiro atoms. The van der Waals surface area contributed by atoms with Crippen LogP contribution < -0.4 is 5.32 Å². The van der Waals surface area contributed by atoms with Crippen molar-refractivity contribution in [2.24, 2.45) is 0 Å². The highest BCUT2D eigenvalue weighted by Gasteiger charge is 2.41. The van der Waals surface area contributed by atoms with Crippen molar-refractivity contribution >= 4 is 33.5 Å². The zero-order chi connectivity index (χ0) is 21.8. The summed E-state index contributed by atoms with van der Waals surface area (Å²) in [5, 5.41) is 12.5. The van der Waals surface area contributed by atoms with Crippen LogP contribution in [0.25, 0.3) is 0 Å². The number of carbonyl (C=O) groups excluding carboxylic acids is 2. The van der Waals surface area contributed by atoms with E-state index in [0.717, 1.165) is 23.6 Å². The summed E-state index contributed by atoms with van der Waals surface area (Å²) in [4.78, 5) is 24.8. The van der Waals surface area contributed by atoms with E-state index in [0.29, 0.717) is 30.7 Å². The molecule has 1 amide bonds. The van der Waals surface area contributed by atoms with Gasteiger partial charge in [0.25, 0.3) is 5.91 Å². The third-order valence-electron chi connectivity index (χ3n) is 5.54. The van der Waals surface area contributed by atoms with Gasteiger partial charge in [-0.3, -0.25) is 9.59 Å². The van der Waals surface area contributed by atoms with Crippen molar-refractivity contribution in [1.82, 2.24) is 9.62 Å². The zero-order valence-corrected chi connectivity index (χ0v) is 18.0. The molecule has 3 rings (SSSR count). The van der Waals surface area contributed by atoms with Gasteiger partial charge in [-0.15, -0.1) is 0 Å². The van der Waals surface area contributed by atoms with Crippen LogP contribution in [0.4, 0.5) is 0 Å². The van der Waals surface area contributed by atoms with Gasteiger partial charge < -0.3 is 10.1 Å². The number of halogens is 1. The average molecular weight is 454 g/mol. The molecular weight excluding hydrogens is 430 g/mol. The maximum atomic E-state index is 12.9. The van der Waals surface area contributed by atoms with Gasteiger partial charge in [-0.2, -0.15) is 9.57 Å². The summed E-state index contributed by atoms with van der Waals surface area (Å²) in [5.74, 6) is -1.33. The SMILES string of the molecule is N#CC1(NC(=O)COC(=O)[C@@H]2CCCN2S(=O)(=O)c2ccc(Cl)cc2)CCCCC1. The predicted molar refractivity (Wildman–Crippen MR) is 109 cm³/mol. The molecular formula is C20H24ClN3O5S. The Balaban J connectivity index is 1.61. The number of amides is 1. The minimum absolute atomic E-state index is 0.0394. The molecule has 10 heteroatoms. The van der Waals surface area contributed by atoms with E-state index in [1.807, 2.05) is 0 Å². The van der Waals surface area contributed by atoms with E-state index in [1.165, 1.54) is 24.3 Å². The molecule has 1 aromatic carbocycles. The van der Waals surface area contributed by atoms with Gasteiger partial charge >= 0.3 is 5.97 Å². The van der Waals surface area contributed by atoms with Gasteiger partial charge in [0.2, 0.25) is 10.0 Å². The molecule has 162 valence electrons. The van der Waals surface area contributed by atoms with Crippen LogP contribution in [0.2, 0.25) is 5.02 Å². The molecule has 1 atom stereocenters. The lowest BCUT2D eigenvalue weighted by molar-refractivity contribution is -0.152. The largest absolute Gasteiger partial charge is 0.454 e. The second kappa shape index (κ2) is 9.33. The first-order valence-electron chi connectivity index (χ1n) is 9.94. The van der Waals surface area contributed by atoms with E-state index in [1.54, 1.807) is 0 Å². The standard InChI is InChI=1S/C20H24ClN3O5S/c21-15-6-8-16(9-7-15)30(27,28)24-12-4-5-17(24)19(26)29-13-18(25)23-20(14-22)10-2-1-3-11-20/h6-9,17H,1-5,10-13H2,(H,23,25)/t17-/m0/s1. The van der Waals surface area contributed by atoms with Gasteiger partial charge in [-0.25, -0.2) is 8.42 Å². The summed E-state index contributed by atoms with van der Waals surface area (Å²) >= 11 is 5.82. The Bertz CT molecular complexity index is 936. The number of nitrogens with one attached hydrogen (secondary N) is 1. The fourth-order valence-electron chi connectivity index (χ4n) is 3.96. The topological polar surface area (TPSA) is 117 Å². The minimum Gasteiger partial charge on any atom is -0.454 e. The zero-order valence-electron chi connectivity index (χ0n) is 16.5. The molecule has 0 bridgehead atoms. The summed E-state index contributed by atoms with van der Waals surface area (Å²) < 4.78 is 32.0. The third-order valence-corrected chi connectivity index (χ3v) is 7.72. The molecule has 1 aliphatic carbocycles. The fraction of sp³-hybridized carbons (Fsp3) is 0.550. The molecule has 0 aromatic heterocycles. The maximum absolute atomic E-state index is 12.9. The number of ether oxygens (including phenoxy) is 1. The number of hydrogen-bond acceptors (Lipinski definition) is 6. The van der Waals surface area contributed by atoms with Crippen LogP contribution in [0.5, 0.6) is 0 Å². The van der Waals surface area contributed by atoms with Crippen molar-refractivity contribution in [3.8, 4) is 6.07 Å². The molecule has 2 aliphatic rings. The molecule has 1 saturated carbocycles. The van der Waals surface area contributed by atoms with Crippen molar-refractivity contribution in [3.63, 3.8) is 0 Å². The molecule has 1 heterocycles. The van der Waals surface area contributed by atoms with E-state index in [-0.39, 0.29) is 11.4 Å². The lowest BCUT2D eigenvalue weighted by atomic mass is 9.83. The van der Waals surface area contributed by atoms with Crippen LogP contribution in [0.3, 0.4) is 0 Å². The first kappa shape index (κ1) is 22.5. The van der Waals surface area contributed by atoms with Gasteiger partial charge in [0.05, 0.1) is 11.0 Å². The monoisotopic (exact) mass is 453 g/mol. The highest BCUT2D eigenvalue weighted by molar-refractivity contribution is 7.89. The molecule has 8 nitrogen and oxygen atoms in total. The number of benzene rings is 1. The van der Waals surface area contributed by atoms with Crippen molar-refractivity contribution in [1.29, 1.82) is 5.26 Å². The molecule has 0 unspecified atom stereocenters. The number of nitrogens with zero attached hydrogens (tertiary/aromatic N) is 2. The molecule has 1 N–H and O–H groups in total. The average Bonchev–Trinajstić information content (AvgIpc) is 3.24. The lowest BCUT2D eigenvalue weighted by Crippen LogP contribution is -2.50. The van der Waals surface area contributed by atoms with Gasteiger partial charge in [0.15, 0.2) is 6.61 Å². The molecule has 1 aromatic rings. The van der Waals surface area contributed by atoms with E-state index in [2.05, 4.69) is 11.4 Å². The smallest absolute Gasteiger partial charge is 0.324 e. The van der Waals surface area contributed by atoms with Crippen LogP contribution in [0, 0.1) is 11.3 Å². The summed E-state index contributed by atoms with van der Waals surface area (Å²) in [6.45, 7) is -0.359. The van der Waals surface area contributed by atoms with Crippen LogP contribution >= 0.6 is 11.6 Å². The van der Waals surface area contributed by atoms with Crippen molar-refractivity contribution in [3.05, 3.63) is 29.3 Å². The molecule has 30 heavy (non-hydrogen) atoms. The maximum Gasteiger partial charge on any atom is 0.324 e. The highest BCUT2D eigenvalue weighted by Crippen LogP contribution is 2.29. The van der Waals surface area contributed by atoms with Gasteiger partial charge in [0.1, 0.15) is 11.6 Å². The summed E-state index contributed by atoms with van der Waals surface area (Å²) in [7, 11) is -3.89. The number of sulfonamides is 1. The van der Waals surface area contributed by atoms with Crippen LogP contribution in [-0.2, 0) is 24.3 Å². The van der Waals surface area contributed by atoms with Gasteiger partial charge in [-0.1, -0.05) is 30.9 Å². The first-order valence-corrected chi connectivity index (χ1v) is 11.8. The summed E-state index contributed by atoms with van der Waals surface area (Å²) in [6, 6.07) is 6.90. The summed E-state index contributed by atoms with van der Waals surface area (Å²) in [5.41, 5.74) is -0.918. The molecule has 2 fully saturated rings. The number of hydrogen-bond donors (Lipinski definition) is 1. The van der Waals surface area contributed by atoms with E-state index >= 15 is 0 Å². The predicted octanol–water partition coefficient (Wildman–Crippen LogP) is 2.38. The third kappa shape index (κ3) is 4.94. The Labute approximate surface area is 181 Å². The van der Waals surface area contributed by atoms with Crippen LogP contribution in [0.1, 0.15) is 44.9 Å². The second-order valence-corrected chi connectivity index (χ2v) is 9.97. The van der Waals surface area contributed by atoms with Crippen molar-refractivity contribution < 1.29 is 22.7 Å². The van der Waals surface area contributed by atoms with Crippen LogP contribution in [-0.4, -0.2) is 49.3 Å². The fourth-order valence-corrected chi connectivity index (χ4v) is 5.73. The molecule has 0 radical (unpaired) electrons. The minimum atomic E-state index is -3.89. The Morgan fingerprint density at radius 3 is 2.50 bits per heavy atom. The first-order chi connectivity index (χ1) is 14.3. The highest BCUT2D eigenvalue weighted by atomic mass is 35.5. The normalized spacial score (nSPS) is 21.5. The Hall–Kier alpha value is -2.15. The van der Waals surface area contributed by atoms with Crippen molar-refractivity contribution in [2.75, 3.05) is 13.2 Å². The summed E-state index contributed by atoms with van der Waals surface area (Å²) in [6.07, 6.45) is 4.69. The Morgan fingerprint density at radius 1 is 1.20 bits per heavy atom. The van der Waals surface area contributed by atoms with Crippen LogP contribution in [0.15, 0.2) is 29.2 Å². The van der Waals surface area contributed by atoms with Crippen molar-refractivity contribution in [2.45, 2.75) is 61.4 Å². The number of rotatable bonds is 6. The van der Waals surface area contributed by atoms with Gasteiger partial charge in [-0.05, 0) is 49.9 Å². The second-order valence-electron chi connectivity index (χ2n) is 7.64. The quantitative estimate of drug-likeness (QED) is 0.661. The van der Waals surface area contributed by atoms with Gasteiger partial charge in [0, 0.05) is 11.6 Å². The number of esters is 1. The Morgan fingerprint density at radius 2 is 1.87 bits per heavy atom. The van der Waals surface area contributed by atoms with E-state index in [9.17, 15) is 23.3 Å². The van der Waals surface area contributed by atoms with E-state index < -0.39 is 40.1 Å². The lowest BCUT2D eigenvalue weighted by Gasteiger charge is -2.31. The molecule has 1 aliphatic heterocycles.